The first-order chi connectivity index (χ1) is 10.2. The molecule has 0 radical (unpaired) electrons. The van der Waals surface area contributed by atoms with E-state index in [4.69, 9.17) is 9.47 Å². The van der Waals surface area contributed by atoms with Gasteiger partial charge in [0.1, 0.15) is 0 Å². The number of methoxy groups -OCH3 is 2. The summed E-state index contributed by atoms with van der Waals surface area (Å²) in [5, 5.41) is 0. The van der Waals surface area contributed by atoms with Crippen LogP contribution in [0.25, 0.3) is 0 Å². The number of nitrogens with zero attached hydrogens (tertiary/aromatic N) is 1. The Labute approximate surface area is 126 Å². The molecule has 3 nitrogen and oxygen atoms in total. The lowest BCUT2D eigenvalue weighted by atomic mass is 9.92. The van der Waals surface area contributed by atoms with Crippen molar-refractivity contribution in [1.82, 2.24) is 0 Å². The normalized spacial score (nSPS) is 17.3. The van der Waals surface area contributed by atoms with Crippen molar-refractivity contribution in [2.24, 2.45) is 0 Å². The number of benzene rings is 2. The van der Waals surface area contributed by atoms with E-state index in [9.17, 15) is 0 Å². The van der Waals surface area contributed by atoms with E-state index < -0.39 is 0 Å². The lowest BCUT2D eigenvalue weighted by Crippen LogP contribution is -2.33. The van der Waals surface area contributed by atoms with Gasteiger partial charge in [0.25, 0.3) is 0 Å². The van der Waals surface area contributed by atoms with E-state index in [0.29, 0.717) is 6.04 Å². The molecule has 3 heteroatoms. The molecule has 2 aromatic rings. The van der Waals surface area contributed by atoms with Gasteiger partial charge in [-0.3, -0.25) is 0 Å². The fourth-order valence-corrected chi connectivity index (χ4v) is 3.12. The molecule has 0 aromatic heterocycles. The molecule has 21 heavy (non-hydrogen) atoms. The van der Waals surface area contributed by atoms with E-state index in [2.05, 4.69) is 54.3 Å². The molecular weight excluding hydrogens is 262 g/mol. The third-order valence-electron chi connectivity index (χ3n) is 4.27. The Morgan fingerprint density at radius 3 is 2.33 bits per heavy atom. The zero-order chi connectivity index (χ0) is 14.8. The molecule has 1 heterocycles. The summed E-state index contributed by atoms with van der Waals surface area (Å²) in [5.41, 5.74) is 3.94. The highest BCUT2D eigenvalue weighted by Gasteiger charge is 2.25. The van der Waals surface area contributed by atoms with Crippen molar-refractivity contribution in [3.63, 3.8) is 0 Å². The molecule has 0 saturated heterocycles. The van der Waals surface area contributed by atoms with Crippen LogP contribution < -0.4 is 14.4 Å². The largest absolute Gasteiger partial charge is 0.493 e. The number of hydrogen-bond acceptors (Lipinski definition) is 3. The van der Waals surface area contributed by atoms with Gasteiger partial charge in [0.05, 0.1) is 20.3 Å². The Kier molecular flexibility index (Phi) is 3.74. The minimum absolute atomic E-state index is 0.330. The summed E-state index contributed by atoms with van der Waals surface area (Å²) in [4.78, 5) is 2.44. The van der Waals surface area contributed by atoms with Crippen LogP contribution in [0.5, 0.6) is 11.5 Å². The maximum atomic E-state index is 5.45. The average Bonchev–Trinajstić information content (AvgIpc) is 2.55. The maximum Gasteiger partial charge on any atom is 0.161 e. The Balaban J connectivity index is 1.99. The monoisotopic (exact) mass is 283 g/mol. The van der Waals surface area contributed by atoms with Crippen LogP contribution in [-0.4, -0.2) is 20.8 Å². The molecule has 1 atom stereocenters. The van der Waals surface area contributed by atoms with E-state index >= 15 is 0 Å². The molecule has 1 aliphatic heterocycles. The predicted octanol–water partition coefficient (Wildman–Crippen LogP) is 3.83. The Morgan fingerprint density at radius 2 is 1.67 bits per heavy atom. The summed E-state index contributed by atoms with van der Waals surface area (Å²) in [6.45, 7) is 3.27. The van der Waals surface area contributed by atoms with Crippen molar-refractivity contribution >= 4 is 5.69 Å². The first kappa shape index (κ1) is 13.8. The molecule has 0 N–H and O–H groups in total. The lowest BCUT2D eigenvalue weighted by molar-refractivity contribution is 0.353. The molecule has 110 valence electrons. The van der Waals surface area contributed by atoms with Gasteiger partial charge in [-0.25, -0.2) is 0 Å². The zero-order valence-corrected chi connectivity index (χ0v) is 12.8. The molecule has 1 unspecified atom stereocenters. The lowest BCUT2D eigenvalue weighted by Gasteiger charge is -2.37. The van der Waals surface area contributed by atoms with Gasteiger partial charge in [0, 0.05) is 12.2 Å². The second-order valence-corrected chi connectivity index (χ2v) is 5.36. The van der Waals surface area contributed by atoms with Crippen molar-refractivity contribution in [3.05, 3.63) is 53.6 Å². The Bertz CT molecular complexity index is 625. The highest BCUT2D eigenvalue weighted by atomic mass is 16.5. The summed E-state index contributed by atoms with van der Waals surface area (Å²) in [6, 6.07) is 15.1. The number of rotatable bonds is 3. The van der Waals surface area contributed by atoms with Gasteiger partial charge in [-0.1, -0.05) is 18.2 Å². The Morgan fingerprint density at radius 1 is 1.00 bits per heavy atom. The predicted molar refractivity (Wildman–Crippen MR) is 85.5 cm³/mol. The van der Waals surface area contributed by atoms with Crippen LogP contribution in [0.3, 0.4) is 0 Å². The van der Waals surface area contributed by atoms with Crippen LogP contribution in [0.15, 0.2) is 42.5 Å². The fourth-order valence-electron chi connectivity index (χ4n) is 3.12. The molecule has 3 rings (SSSR count). The maximum absolute atomic E-state index is 5.45. The van der Waals surface area contributed by atoms with Crippen LogP contribution in [0, 0.1) is 0 Å². The number of hydrogen-bond donors (Lipinski definition) is 0. The second kappa shape index (κ2) is 5.68. The van der Waals surface area contributed by atoms with E-state index in [-0.39, 0.29) is 0 Å². The van der Waals surface area contributed by atoms with Crippen molar-refractivity contribution in [3.8, 4) is 11.5 Å². The Hall–Kier alpha value is -2.16. The molecule has 0 bridgehead atoms. The first-order valence-electron chi connectivity index (χ1n) is 7.31. The third kappa shape index (κ3) is 2.44. The standard InChI is InChI=1S/C18H21NO2/c1-13-16-12-18(21-3)17(20-2)11-14(16)9-10-19(13)15-7-5-4-6-8-15/h4-8,11-13H,9-10H2,1-3H3. The van der Waals surface area contributed by atoms with E-state index in [1.54, 1.807) is 14.2 Å². The summed E-state index contributed by atoms with van der Waals surface area (Å²) in [5.74, 6) is 1.62. The van der Waals surface area contributed by atoms with Crippen molar-refractivity contribution in [2.75, 3.05) is 25.7 Å². The number of ether oxygens (including phenoxy) is 2. The second-order valence-electron chi connectivity index (χ2n) is 5.36. The van der Waals surface area contributed by atoms with E-state index in [1.807, 2.05) is 0 Å². The van der Waals surface area contributed by atoms with Crippen LogP contribution in [0.2, 0.25) is 0 Å². The highest BCUT2D eigenvalue weighted by molar-refractivity contribution is 5.55. The summed E-state index contributed by atoms with van der Waals surface area (Å²) in [7, 11) is 3.37. The van der Waals surface area contributed by atoms with Crippen molar-refractivity contribution in [2.45, 2.75) is 19.4 Å². The molecule has 1 aliphatic rings. The first-order valence-corrected chi connectivity index (χ1v) is 7.31. The summed E-state index contributed by atoms with van der Waals surface area (Å²) < 4.78 is 10.9. The summed E-state index contributed by atoms with van der Waals surface area (Å²) >= 11 is 0. The van der Waals surface area contributed by atoms with Gasteiger partial charge in [0.2, 0.25) is 0 Å². The number of fused-ring (bicyclic) bond motifs is 1. The molecule has 0 amide bonds. The topological polar surface area (TPSA) is 21.7 Å². The van der Waals surface area contributed by atoms with Gasteiger partial charge in [0.15, 0.2) is 11.5 Å². The highest BCUT2D eigenvalue weighted by Crippen LogP contribution is 2.39. The fraction of sp³-hybridized carbons (Fsp3) is 0.333. The number of anilines is 1. The SMILES string of the molecule is COc1cc2c(cc1OC)C(C)N(c1ccccc1)CC2. The van der Waals surface area contributed by atoms with Gasteiger partial charge in [-0.2, -0.15) is 0 Å². The quantitative estimate of drug-likeness (QED) is 0.854. The van der Waals surface area contributed by atoms with Gasteiger partial charge < -0.3 is 14.4 Å². The minimum atomic E-state index is 0.330. The van der Waals surface area contributed by atoms with Crippen LogP contribution in [-0.2, 0) is 6.42 Å². The van der Waals surface area contributed by atoms with Crippen LogP contribution >= 0.6 is 0 Å². The van der Waals surface area contributed by atoms with Gasteiger partial charge >= 0.3 is 0 Å². The summed E-state index contributed by atoms with van der Waals surface area (Å²) in [6.07, 6.45) is 1.02. The smallest absolute Gasteiger partial charge is 0.161 e. The van der Waals surface area contributed by atoms with E-state index in [0.717, 1.165) is 24.5 Å². The minimum Gasteiger partial charge on any atom is -0.493 e. The molecule has 0 aliphatic carbocycles. The molecule has 0 spiro atoms. The van der Waals surface area contributed by atoms with Crippen LogP contribution in [0.1, 0.15) is 24.1 Å². The van der Waals surface area contributed by atoms with Gasteiger partial charge in [-0.15, -0.1) is 0 Å². The zero-order valence-electron chi connectivity index (χ0n) is 12.8. The average molecular weight is 283 g/mol. The van der Waals surface area contributed by atoms with Crippen LogP contribution in [0.4, 0.5) is 5.69 Å². The van der Waals surface area contributed by atoms with E-state index in [1.165, 1.54) is 16.8 Å². The molecular formula is C18H21NO2. The van der Waals surface area contributed by atoms with Crippen molar-refractivity contribution < 1.29 is 9.47 Å². The molecule has 0 fully saturated rings. The number of para-hydroxylation sites is 1. The third-order valence-corrected chi connectivity index (χ3v) is 4.27. The molecule has 2 aromatic carbocycles. The van der Waals surface area contributed by atoms with Gasteiger partial charge in [-0.05, 0) is 48.7 Å². The van der Waals surface area contributed by atoms with Crippen molar-refractivity contribution in [1.29, 1.82) is 0 Å². The molecule has 0 saturated carbocycles.